The van der Waals surface area contributed by atoms with Crippen LogP contribution in [0, 0.1) is 0 Å². The first-order valence-corrected chi connectivity index (χ1v) is 7.70. The lowest BCUT2D eigenvalue weighted by molar-refractivity contribution is 0.797. The van der Waals surface area contributed by atoms with E-state index < -0.39 is 0 Å². The van der Waals surface area contributed by atoms with Crippen LogP contribution in [0.1, 0.15) is 10.4 Å². The number of rotatable bonds is 4. The van der Waals surface area contributed by atoms with Gasteiger partial charge < -0.3 is 9.88 Å². The van der Waals surface area contributed by atoms with Gasteiger partial charge in [-0.2, -0.15) is 0 Å². The first-order valence-electron chi connectivity index (χ1n) is 6.09. The van der Waals surface area contributed by atoms with Crippen molar-refractivity contribution in [2.75, 3.05) is 7.05 Å². The highest BCUT2D eigenvalue weighted by Gasteiger charge is 2.09. The maximum Gasteiger partial charge on any atom is 0.140 e. The number of halogens is 1. The van der Waals surface area contributed by atoms with Crippen molar-refractivity contribution in [1.29, 1.82) is 0 Å². The summed E-state index contributed by atoms with van der Waals surface area (Å²) in [6.45, 7) is 1.73. The number of hydrogen-bond donors (Lipinski definition) is 1. The fourth-order valence-electron chi connectivity index (χ4n) is 2.25. The van der Waals surface area contributed by atoms with Gasteiger partial charge >= 0.3 is 0 Å². The zero-order chi connectivity index (χ0) is 13.2. The molecule has 0 fully saturated rings. The molecule has 98 valence electrons. The quantitative estimate of drug-likeness (QED) is 0.789. The highest BCUT2D eigenvalue weighted by Crippen LogP contribution is 2.25. The number of fused-ring (bicyclic) bond motifs is 1. The SMILES string of the molecule is CNCc1cn(Cc2ccc(Br)s2)c2ncccc12. The van der Waals surface area contributed by atoms with E-state index in [1.165, 1.54) is 19.6 Å². The summed E-state index contributed by atoms with van der Waals surface area (Å²) in [6.07, 6.45) is 4.05. The molecule has 0 aliphatic carbocycles. The van der Waals surface area contributed by atoms with Crippen LogP contribution in [0.5, 0.6) is 0 Å². The van der Waals surface area contributed by atoms with E-state index in [1.807, 2.05) is 19.3 Å². The Balaban J connectivity index is 2.03. The summed E-state index contributed by atoms with van der Waals surface area (Å²) in [5, 5.41) is 4.44. The number of nitrogens with zero attached hydrogens (tertiary/aromatic N) is 2. The molecule has 3 aromatic heterocycles. The van der Waals surface area contributed by atoms with Crippen molar-refractivity contribution in [2.24, 2.45) is 0 Å². The van der Waals surface area contributed by atoms with E-state index in [4.69, 9.17) is 0 Å². The Morgan fingerprint density at radius 1 is 1.37 bits per heavy atom. The fraction of sp³-hybridized carbons (Fsp3) is 0.214. The largest absolute Gasteiger partial charge is 0.327 e. The van der Waals surface area contributed by atoms with E-state index in [-0.39, 0.29) is 0 Å². The molecule has 0 amide bonds. The maximum atomic E-state index is 4.52. The van der Waals surface area contributed by atoms with Crippen LogP contribution in [0.15, 0.2) is 40.4 Å². The molecule has 0 aromatic carbocycles. The molecule has 0 aliphatic rings. The van der Waals surface area contributed by atoms with Gasteiger partial charge in [-0.15, -0.1) is 11.3 Å². The van der Waals surface area contributed by atoms with Crippen LogP contribution in [0.3, 0.4) is 0 Å². The van der Waals surface area contributed by atoms with Gasteiger partial charge in [0, 0.05) is 29.2 Å². The summed E-state index contributed by atoms with van der Waals surface area (Å²) in [6, 6.07) is 8.37. The minimum absolute atomic E-state index is 0.864. The molecular weight excluding hydrogens is 322 g/mol. The van der Waals surface area contributed by atoms with Crippen LogP contribution in [-0.4, -0.2) is 16.6 Å². The summed E-state index contributed by atoms with van der Waals surface area (Å²) < 4.78 is 3.39. The van der Waals surface area contributed by atoms with Crippen molar-refractivity contribution in [1.82, 2.24) is 14.9 Å². The molecule has 0 aliphatic heterocycles. The molecule has 3 nitrogen and oxygen atoms in total. The average Bonchev–Trinajstić information content (AvgIpc) is 2.97. The maximum absolute atomic E-state index is 4.52. The Bertz CT molecular complexity index is 702. The molecule has 19 heavy (non-hydrogen) atoms. The second-order valence-corrected chi connectivity index (χ2v) is 6.94. The zero-order valence-electron chi connectivity index (χ0n) is 10.6. The second-order valence-electron chi connectivity index (χ2n) is 4.39. The van der Waals surface area contributed by atoms with Crippen molar-refractivity contribution < 1.29 is 0 Å². The van der Waals surface area contributed by atoms with E-state index in [1.54, 1.807) is 11.3 Å². The van der Waals surface area contributed by atoms with Gasteiger partial charge in [0.05, 0.1) is 10.3 Å². The van der Waals surface area contributed by atoms with E-state index in [0.717, 1.165) is 18.7 Å². The standard InChI is InChI=1S/C14H14BrN3S/c1-16-7-10-8-18(9-11-4-5-13(15)19-11)14-12(10)3-2-6-17-14/h2-6,8,16H,7,9H2,1H3. The van der Waals surface area contributed by atoms with Crippen molar-refractivity contribution >= 4 is 38.3 Å². The molecule has 5 heteroatoms. The number of aromatic nitrogens is 2. The van der Waals surface area contributed by atoms with E-state index in [9.17, 15) is 0 Å². The lowest BCUT2D eigenvalue weighted by atomic mass is 10.2. The van der Waals surface area contributed by atoms with Crippen LogP contribution < -0.4 is 5.32 Å². The summed E-state index contributed by atoms with van der Waals surface area (Å²) in [5.41, 5.74) is 2.35. The van der Waals surface area contributed by atoms with Crippen LogP contribution in [0.2, 0.25) is 0 Å². The normalized spacial score (nSPS) is 11.3. The van der Waals surface area contributed by atoms with E-state index in [0.29, 0.717) is 0 Å². The van der Waals surface area contributed by atoms with Crippen molar-refractivity contribution in [3.63, 3.8) is 0 Å². The van der Waals surface area contributed by atoms with Crippen LogP contribution in [-0.2, 0) is 13.1 Å². The van der Waals surface area contributed by atoms with Gasteiger partial charge in [0.1, 0.15) is 5.65 Å². The predicted octanol–water partition coefficient (Wildman–Crippen LogP) is 3.63. The Kier molecular flexibility index (Phi) is 3.68. The van der Waals surface area contributed by atoms with Crippen molar-refractivity contribution in [3.05, 3.63) is 50.9 Å². The zero-order valence-corrected chi connectivity index (χ0v) is 13.0. The van der Waals surface area contributed by atoms with Crippen LogP contribution in [0.4, 0.5) is 0 Å². The fourth-order valence-corrected chi connectivity index (χ4v) is 3.73. The van der Waals surface area contributed by atoms with Crippen LogP contribution in [0.25, 0.3) is 11.0 Å². The molecule has 0 spiro atoms. The molecule has 0 saturated heterocycles. The van der Waals surface area contributed by atoms with Gasteiger partial charge in [-0.05, 0) is 52.8 Å². The summed E-state index contributed by atoms with van der Waals surface area (Å²) >= 11 is 5.28. The lowest BCUT2D eigenvalue weighted by Crippen LogP contribution is -2.04. The van der Waals surface area contributed by atoms with Crippen molar-refractivity contribution in [2.45, 2.75) is 13.1 Å². The molecule has 0 bridgehead atoms. The van der Waals surface area contributed by atoms with Crippen LogP contribution >= 0.6 is 27.3 Å². The average molecular weight is 336 g/mol. The molecule has 0 saturated carbocycles. The third-order valence-electron chi connectivity index (χ3n) is 3.04. The van der Waals surface area contributed by atoms with Gasteiger partial charge in [-0.3, -0.25) is 0 Å². The molecule has 0 atom stereocenters. The number of thiophene rings is 1. The first kappa shape index (κ1) is 12.8. The van der Waals surface area contributed by atoms with E-state index in [2.05, 4.69) is 55.2 Å². The molecule has 3 rings (SSSR count). The summed E-state index contributed by atoms with van der Waals surface area (Å²) in [4.78, 5) is 5.84. The minimum atomic E-state index is 0.864. The summed E-state index contributed by atoms with van der Waals surface area (Å²) in [7, 11) is 1.97. The second kappa shape index (κ2) is 5.45. The topological polar surface area (TPSA) is 29.9 Å². The highest BCUT2D eigenvalue weighted by molar-refractivity contribution is 9.11. The highest BCUT2D eigenvalue weighted by atomic mass is 79.9. The molecule has 3 aromatic rings. The van der Waals surface area contributed by atoms with Gasteiger partial charge in [0.2, 0.25) is 0 Å². The molecule has 0 unspecified atom stereocenters. The van der Waals surface area contributed by atoms with Gasteiger partial charge in [-0.25, -0.2) is 4.98 Å². The Hall–Kier alpha value is -1.17. The molecule has 1 N–H and O–H groups in total. The van der Waals surface area contributed by atoms with E-state index >= 15 is 0 Å². The third kappa shape index (κ3) is 2.59. The number of hydrogen-bond acceptors (Lipinski definition) is 3. The van der Waals surface area contributed by atoms with Gasteiger partial charge in [0.15, 0.2) is 0 Å². The van der Waals surface area contributed by atoms with Gasteiger partial charge in [0.25, 0.3) is 0 Å². The predicted molar refractivity (Wildman–Crippen MR) is 83.6 cm³/mol. The summed E-state index contributed by atoms with van der Waals surface area (Å²) in [5.74, 6) is 0. The smallest absolute Gasteiger partial charge is 0.140 e. The monoisotopic (exact) mass is 335 g/mol. The number of nitrogens with one attached hydrogen (secondary N) is 1. The molecule has 3 heterocycles. The number of pyridine rings is 1. The Morgan fingerprint density at radius 3 is 3.00 bits per heavy atom. The van der Waals surface area contributed by atoms with Crippen molar-refractivity contribution in [3.8, 4) is 0 Å². The third-order valence-corrected chi connectivity index (χ3v) is 4.65. The van der Waals surface area contributed by atoms with Gasteiger partial charge in [-0.1, -0.05) is 0 Å². The molecule has 0 radical (unpaired) electrons. The Morgan fingerprint density at radius 2 is 2.26 bits per heavy atom. The lowest BCUT2D eigenvalue weighted by Gasteiger charge is -2.01. The Labute approximate surface area is 124 Å². The first-order chi connectivity index (χ1) is 9.28. The minimum Gasteiger partial charge on any atom is -0.327 e. The molecular formula is C14H14BrN3S.